The molecule has 2 N–H and O–H groups in total. The van der Waals surface area contributed by atoms with Crippen molar-refractivity contribution >= 4 is 38.5 Å². The SMILES string of the molecule is Cc1ccc2nc(N3CC(C(=O)NC4(CO)CC=CC4)CC3=O)sc2c1. The molecule has 1 fully saturated rings. The Hall–Kier alpha value is -2.25. The Morgan fingerprint density at radius 1 is 1.42 bits per heavy atom. The molecule has 0 saturated carbocycles. The number of thiazole rings is 1. The fraction of sp³-hybridized carbons (Fsp3) is 0.421. The van der Waals surface area contributed by atoms with Crippen LogP contribution in [0.15, 0.2) is 30.4 Å². The van der Waals surface area contributed by atoms with Crippen LogP contribution in [-0.4, -0.2) is 40.6 Å². The molecule has 0 bridgehead atoms. The number of carbonyl (C=O) groups excluding carboxylic acids is 2. The summed E-state index contributed by atoms with van der Waals surface area (Å²) < 4.78 is 1.04. The van der Waals surface area contributed by atoms with E-state index in [0.29, 0.717) is 24.5 Å². The molecule has 1 aliphatic carbocycles. The Kier molecular flexibility index (Phi) is 4.28. The Morgan fingerprint density at radius 3 is 2.92 bits per heavy atom. The van der Waals surface area contributed by atoms with Gasteiger partial charge >= 0.3 is 0 Å². The highest BCUT2D eigenvalue weighted by molar-refractivity contribution is 7.22. The smallest absolute Gasteiger partial charge is 0.229 e. The van der Waals surface area contributed by atoms with Crippen LogP contribution in [0.2, 0.25) is 0 Å². The fourth-order valence-corrected chi connectivity index (χ4v) is 4.63. The third-order valence-corrected chi connectivity index (χ3v) is 6.18. The number of hydrogen-bond donors (Lipinski definition) is 2. The number of nitrogens with one attached hydrogen (secondary N) is 1. The molecule has 1 aliphatic heterocycles. The van der Waals surface area contributed by atoms with E-state index in [-0.39, 0.29) is 24.8 Å². The number of fused-ring (bicyclic) bond motifs is 1. The van der Waals surface area contributed by atoms with Gasteiger partial charge in [0.25, 0.3) is 0 Å². The van der Waals surface area contributed by atoms with E-state index in [0.717, 1.165) is 15.8 Å². The minimum Gasteiger partial charge on any atom is -0.394 e. The number of hydrogen-bond acceptors (Lipinski definition) is 5. The van der Waals surface area contributed by atoms with Crippen molar-refractivity contribution in [3.05, 3.63) is 35.9 Å². The summed E-state index contributed by atoms with van der Waals surface area (Å²) in [6.07, 6.45) is 5.35. The number of anilines is 1. The number of aryl methyl sites for hydroxylation is 1. The van der Waals surface area contributed by atoms with Gasteiger partial charge in [-0.15, -0.1) is 0 Å². The van der Waals surface area contributed by atoms with Gasteiger partial charge in [0.1, 0.15) is 0 Å². The number of carbonyl (C=O) groups is 2. The number of nitrogens with zero attached hydrogens (tertiary/aromatic N) is 2. The third kappa shape index (κ3) is 3.01. The van der Waals surface area contributed by atoms with Gasteiger partial charge in [-0.25, -0.2) is 4.98 Å². The number of rotatable bonds is 4. The van der Waals surface area contributed by atoms with Gasteiger partial charge in [0.05, 0.1) is 28.3 Å². The molecule has 0 spiro atoms. The minimum atomic E-state index is -0.610. The second-order valence-corrected chi connectivity index (χ2v) is 8.19. The first-order valence-electron chi connectivity index (χ1n) is 8.75. The highest BCUT2D eigenvalue weighted by Gasteiger charge is 2.40. The standard InChI is InChI=1S/C19H21N3O3S/c1-12-4-5-14-15(8-12)26-18(20-14)22-10-13(9-16(22)24)17(25)21-19(11-23)6-2-3-7-19/h2-5,8,13,23H,6-7,9-11H2,1H3,(H,21,25). The van der Waals surface area contributed by atoms with E-state index in [2.05, 4.69) is 16.4 Å². The van der Waals surface area contributed by atoms with Crippen LogP contribution in [0, 0.1) is 12.8 Å². The molecule has 1 aromatic carbocycles. The van der Waals surface area contributed by atoms with Crippen molar-refractivity contribution in [2.75, 3.05) is 18.1 Å². The van der Waals surface area contributed by atoms with E-state index >= 15 is 0 Å². The molecule has 0 radical (unpaired) electrons. The summed E-state index contributed by atoms with van der Waals surface area (Å²) in [5, 5.41) is 13.3. The molecule has 4 rings (SSSR count). The average molecular weight is 371 g/mol. The molecule has 1 atom stereocenters. The van der Waals surface area contributed by atoms with Crippen LogP contribution in [0.4, 0.5) is 5.13 Å². The van der Waals surface area contributed by atoms with Crippen LogP contribution >= 0.6 is 11.3 Å². The lowest BCUT2D eigenvalue weighted by atomic mass is 9.96. The van der Waals surface area contributed by atoms with Crippen LogP contribution < -0.4 is 10.2 Å². The van der Waals surface area contributed by atoms with Gasteiger partial charge in [0.15, 0.2) is 5.13 Å². The van der Waals surface area contributed by atoms with E-state index in [4.69, 9.17) is 0 Å². The molecule has 2 heterocycles. The van der Waals surface area contributed by atoms with E-state index in [1.807, 2.05) is 31.2 Å². The van der Waals surface area contributed by atoms with Crippen molar-refractivity contribution in [3.63, 3.8) is 0 Å². The van der Waals surface area contributed by atoms with Crippen molar-refractivity contribution in [1.29, 1.82) is 0 Å². The van der Waals surface area contributed by atoms with Crippen LogP contribution in [0.3, 0.4) is 0 Å². The normalized spacial score (nSPS) is 21.7. The first kappa shape index (κ1) is 17.2. The van der Waals surface area contributed by atoms with E-state index in [9.17, 15) is 14.7 Å². The lowest BCUT2D eigenvalue weighted by molar-refractivity contribution is -0.128. The monoisotopic (exact) mass is 371 g/mol. The van der Waals surface area contributed by atoms with Crippen molar-refractivity contribution < 1.29 is 14.7 Å². The molecule has 2 amide bonds. The maximum absolute atomic E-state index is 12.7. The molecule has 1 unspecified atom stereocenters. The zero-order valence-corrected chi connectivity index (χ0v) is 15.4. The molecule has 2 aliphatic rings. The van der Waals surface area contributed by atoms with Gasteiger partial charge in [-0.2, -0.15) is 0 Å². The van der Waals surface area contributed by atoms with Crippen LogP contribution in [0.1, 0.15) is 24.8 Å². The lowest BCUT2D eigenvalue weighted by Gasteiger charge is -2.29. The molecule has 136 valence electrons. The summed E-state index contributed by atoms with van der Waals surface area (Å²) in [4.78, 5) is 31.3. The summed E-state index contributed by atoms with van der Waals surface area (Å²) >= 11 is 1.48. The topological polar surface area (TPSA) is 82.5 Å². The van der Waals surface area contributed by atoms with Gasteiger partial charge in [-0.3, -0.25) is 14.5 Å². The van der Waals surface area contributed by atoms with Crippen LogP contribution in [0.25, 0.3) is 10.2 Å². The van der Waals surface area contributed by atoms with Gasteiger partial charge < -0.3 is 10.4 Å². The summed E-state index contributed by atoms with van der Waals surface area (Å²) in [6, 6.07) is 6.00. The quantitative estimate of drug-likeness (QED) is 0.807. The van der Waals surface area contributed by atoms with Gasteiger partial charge in [0, 0.05) is 13.0 Å². The van der Waals surface area contributed by atoms with E-state index in [1.54, 1.807) is 4.90 Å². The predicted molar refractivity (Wildman–Crippen MR) is 101 cm³/mol. The first-order chi connectivity index (χ1) is 12.5. The van der Waals surface area contributed by atoms with Gasteiger partial charge in [-0.05, 0) is 37.5 Å². The van der Waals surface area contributed by atoms with Gasteiger partial charge in [-0.1, -0.05) is 29.6 Å². The van der Waals surface area contributed by atoms with Crippen LogP contribution in [-0.2, 0) is 9.59 Å². The highest BCUT2D eigenvalue weighted by Crippen LogP contribution is 2.33. The maximum atomic E-state index is 12.7. The van der Waals surface area contributed by atoms with Crippen LogP contribution in [0.5, 0.6) is 0 Å². The summed E-state index contributed by atoms with van der Waals surface area (Å²) in [5.74, 6) is -0.667. The Balaban J connectivity index is 1.50. The molecule has 6 nitrogen and oxygen atoms in total. The van der Waals surface area contributed by atoms with E-state index < -0.39 is 11.5 Å². The zero-order chi connectivity index (χ0) is 18.3. The summed E-state index contributed by atoms with van der Waals surface area (Å²) in [5.41, 5.74) is 1.41. The third-order valence-electron chi connectivity index (χ3n) is 5.13. The molecule has 1 aromatic heterocycles. The molecular formula is C19H21N3O3S. The lowest BCUT2D eigenvalue weighted by Crippen LogP contribution is -2.51. The average Bonchev–Trinajstić information content (AvgIpc) is 3.32. The second kappa shape index (κ2) is 6.48. The Morgan fingerprint density at radius 2 is 2.19 bits per heavy atom. The molecule has 2 aromatic rings. The second-order valence-electron chi connectivity index (χ2n) is 7.18. The van der Waals surface area contributed by atoms with E-state index in [1.165, 1.54) is 11.3 Å². The number of amides is 2. The number of aromatic nitrogens is 1. The number of aliphatic hydroxyl groups is 1. The molecule has 7 heteroatoms. The van der Waals surface area contributed by atoms with Crippen molar-refractivity contribution in [2.24, 2.45) is 5.92 Å². The number of benzene rings is 1. The fourth-order valence-electron chi connectivity index (χ4n) is 3.54. The number of aliphatic hydroxyl groups excluding tert-OH is 1. The van der Waals surface area contributed by atoms with Crippen molar-refractivity contribution in [3.8, 4) is 0 Å². The van der Waals surface area contributed by atoms with Gasteiger partial charge in [0.2, 0.25) is 11.8 Å². The summed E-state index contributed by atoms with van der Waals surface area (Å²) in [7, 11) is 0. The molecule has 1 saturated heterocycles. The van der Waals surface area contributed by atoms with Crippen molar-refractivity contribution in [2.45, 2.75) is 31.7 Å². The Labute approximate surface area is 155 Å². The minimum absolute atomic E-state index is 0.0801. The predicted octanol–water partition coefficient (Wildman–Crippen LogP) is 2.15. The summed E-state index contributed by atoms with van der Waals surface area (Å²) in [6.45, 7) is 2.25. The first-order valence-corrected chi connectivity index (χ1v) is 9.57. The largest absolute Gasteiger partial charge is 0.394 e. The maximum Gasteiger partial charge on any atom is 0.229 e. The Bertz CT molecular complexity index is 897. The molecule has 26 heavy (non-hydrogen) atoms. The van der Waals surface area contributed by atoms with Crippen molar-refractivity contribution in [1.82, 2.24) is 10.3 Å². The zero-order valence-electron chi connectivity index (χ0n) is 14.6. The highest BCUT2D eigenvalue weighted by atomic mass is 32.1. The molecular weight excluding hydrogens is 350 g/mol.